The zero-order valence-electron chi connectivity index (χ0n) is 10.9. The number of hydrogen-bond acceptors (Lipinski definition) is 4. The van der Waals surface area contributed by atoms with E-state index in [0.717, 1.165) is 49.9 Å². The number of aryl methyl sites for hydroxylation is 2. The van der Waals surface area contributed by atoms with E-state index in [9.17, 15) is 0 Å². The summed E-state index contributed by atoms with van der Waals surface area (Å²) in [6.45, 7) is 8.89. The zero-order chi connectivity index (χ0) is 12.3. The number of nitrogens with zero attached hydrogens (tertiary/aromatic N) is 3. The molecule has 94 valence electrons. The highest BCUT2D eigenvalue weighted by molar-refractivity contribution is 5.32. The standard InChI is InChI=1S/C13H21N3O/c1-4-17-12-5-7-16(8-6-12)13-14-10(2)9-11(3)15-13/h9,12H,4-8H2,1-3H3. The largest absolute Gasteiger partial charge is 0.378 e. The van der Waals surface area contributed by atoms with Crippen molar-refractivity contribution in [2.24, 2.45) is 0 Å². The molecule has 2 heterocycles. The van der Waals surface area contributed by atoms with Crippen LogP contribution in [-0.4, -0.2) is 35.8 Å². The van der Waals surface area contributed by atoms with Gasteiger partial charge in [-0.05, 0) is 39.7 Å². The van der Waals surface area contributed by atoms with Crippen molar-refractivity contribution >= 4 is 5.95 Å². The lowest BCUT2D eigenvalue weighted by Gasteiger charge is -2.31. The lowest BCUT2D eigenvalue weighted by molar-refractivity contribution is 0.0457. The molecule has 1 aliphatic heterocycles. The second-order valence-corrected chi connectivity index (χ2v) is 4.59. The molecule has 0 bridgehead atoms. The van der Waals surface area contributed by atoms with Crippen LogP contribution in [0.25, 0.3) is 0 Å². The van der Waals surface area contributed by atoms with Gasteiger partial charge in [0.1, 0.15) is 0 Å². The van der Waals surface area contributed by atoms with Crippen molar-refractivity contribution in [2.75, 3.05) is 24.6 Å². The molecule has 0 N–H and O–H groups in total. The van der Waals surface area contributed by atoms with Crippen LogP contribution in [0.4, 0.5) is 5.95 Å². The quantitative estimate of drug-likeness (QED) is 0.804. The second-order valence-electron chi connectivity index (χ2n) is 4.59. The molecule has 1 aromatic heterocycles. The Morgan fingerprint density at radius 2 is 1.82 bits per heavy atom. The van der Waals surface area contributed by atoms with Gasteiger partial charge >= 0.3 is 0 Å². The Balaban J connectivity index is 2.00. The fourth-order valence-corrected chi connectivity index (χ4v) is 2.31. The van der Waals surface area contributed by atoms with Crippen molar-refractivity contribution in [1.29, 1.82) is 0 Å². The van der Waals surface area contributed by atoms with Gasteiger partial charge in [-0.3, -0.25) is 0 Å². The first-order chi connectivity index (χ1) is 8.19. The van der Waals surface area contributed by atoms with E-state index in [0.29, 0.717) is 6.10 Å². The van der Waals surface area contributed by atoms with Crippen molar-refractivity contribution in [2.45, 2.75) is 39.7 Å². The molecule has 1 saturated heterocycles. The topological polar surface area (TPSA) is 38.2 Å². The molecular formula is C13H21N3O. The number of hydrogen-bond donors (Lipinski definition) is 0. The Morgan fingerprint density at radius 1 is 1.24 bits per heavy atom. The maximum absolute atomic E-state index is 5.65. The zero-order valence-corrected chi connectivity index (χ0v) is 10.9. The van der Waals surface area contributed by atoms with Crippen LogP contribution in [0.1, 0.15) is 31.2 Å². The molecule has 4 heteroatoms. The Bertz CT molecular complexity index is 353. The van der Waals surface area contributed by atoms with E-state index in [1.165, 1.54) is 0 Å². The van der Waals surface area contributed by atoms with Crippen molar-refractivity contribution in [3.05, 3.63) is 17.5 Å². The average molecular weight is 235 g/mol. The lowest BCUT2D eigenvalue weighted by Crippen LogP contribution is -2.38. The summed E-state index contributed by atoms with van der Waals surface area (Å²) in [6, 6.07) is 2.01. The van der Waals surface area contributed by atoms with Crippen molar-refractivity contribution in [3.8, 4) is 0 Å². The summed E-state index contributed by atoms with van der Waals surface area (Å²) in [4.78, 5) is 11.3. The predicted molar refractivity (Wildman–Crippen MR) is 68.4 cm³/mol. The molecule has 0 aliphatic carbocycles. The van der Waals surface area contributed by atoms with E-state index in [1.807, 2.05) is 19.9 Å². The predicted octanol–water partition coefficient (Wildman–Crippen LogP) is 2.10. The van der Waals surface area contributed by atoms with Gasteiger partial charge in [-0.15, -0.1) is 0 Å². The van der Waals surface area contributed by atoms with Gasteiger partial charge in [-0.25, -0.2) is 9.97 Å². The van der Waals surface area contributed by atoms with Crippen LogP contribution in [-0.2, 0) is 4.74 Å². The van der Waals surface area contributed by atoms with Crippen LogP contribution in [0, 0.1) is 13.8 Å². The Morgan fingerprint density at radius 3 is 2.35 bits per heavy atom. The average Bonchev–Trinajstić information content (AvgIpc) is 2.29. The van der Waals surface area contributed by atoms with Crippen molar-refractivity contribution < 1.29 is 4.74 Å². The fraction of sp³-hybridized carbons (Fsp3) is 0.692. The normalized spacial score (nSPS) is 17.5. The Kier molecular flexibility index (Phi) is 3.94. The molecule has 0 aromatic carbocycles. The first-order valence-corrected chi connectivity index (χ1v) is 6.38. The fourth-order valence-electron chi connectivity index (χ4n) is 2.31. The molecule has 17 heavy (non-hydrogen) atoms. The van der Waals surface area contributed by atoms with Gasteiger partial charge in [0.05, 0.1) is 6.10 Å². The number of aromatic nitrogens is 2. The third kappa shape index (κ3) is 3.16. The monoisotopic (exact) mass is 235 g/mol. The first kappa shape index (κ1) is 12.3. The summed E-state index contributed by atoms with van der Waals surface area (Å²) < 4.78 is 5.65. The number of ether oxygens (including phenoxy) is 1. The number of anilines is 1. The first-order valence-electron chi connectivity index (χ1n) is 6.38. The molecule has 0 spiro atoms. The van der Waals surface area contributed by atoms with E-state index < -0.39 is 0 Å². The molecule has 0 atom stereocenters. The molecule has 0 amide bonds. The number of piperidine rings is 1. The molecule has 0 saturated carbocycles. The van der Waals surface area contributed by atoms with Crippen LogP contribution in [0.15, 0.2) is 6.07 Å². The van der Waals surface area contributed by atoms with E-state index in [2.05, 4.69) is 21.8 Å². The maximum Gasteiger partial charge on any atom is 0.225 e. The molecule has 0 radical (unpaired) electrons. The van der Waals surface area contributed by atoms with Crippen molar-refractivity contribution in [1.82, 2.24) is 9.97 Å². The summed E-state index contributed by atoms with van der Waals surface area (Å²) in [5.41, 5.74) is 2.08. The summed E-state index contributed by atoms with van der Waals surface area (Å²) >= 11 is 0. The second kappa shape index (κ2) is 5.45. The third-order valence-electron chi connectivity index (χ3n) is 3.10. The highest BCUT2D eigenvalue weighted by atomic mass is 16.5. The van der Waals surface area contributed by atoms with Gasteiger partial charge < -0.3 is 9.64 Å². The molecule has 4 nitrogen and oxygen atoms in total. The van der Waals surface area contributed by atoms with Crippen LogP contribution in [0.5, 0.6) is 0 Å². The van der Waals surface area contributed by atoms with E-state index in [-0.39, 0.29) is 0 Å². The van der Waals surface area contributed by atoms with E-state index in [1.54, 1.807) is 0 Å². The Hall–Kier alpha value is -1.16. The van der Waals surface area contributed by atoms with Gasteiger partial charge in [0.15, 0.2) is 0 Å². The minimum atomic E-state index is 0.419. The highest BCUT2D eigenvalue weighted by Gasteiger charge is 2.21. The maximum atomic E-state index is 5.65. The molecule has 2 rings (SSSR count). The van der Waals surface area contributed by atoms with Gasteiger partial charge in [-0.1, -0.05) is 0 Å². The molecular weight excluding hydrogens is 214 g/mol. The third-order valence-corrected chi connectivity index (χ3v) is 3.10. The van der Waals surface area contributed by atoms with Gasteiger partial charge in [0.2, 0.25) is 5.95 Å². The van der Waals surface area contributed by atoms with Crippen LogP contribution in [0.3, 0.4) is 0 Å². The van der Waals surface area contributed by atoms with Gasteiger partial charge in [0, 0.05) is 31.1 Å². The van der Waals surface area contributed by atoms with Crippen LogP contribution in [0.2, 0.25) is 0 Å². The SMILES string of the molecule is CCOC1CCN(c2nc(C)cc(C)n2)CC1. The summed E-state index contributed by atoms with van der Waals surface area (Å²) in [5, 5.41) is 0. The molecule has 1 aliphatic rings. The minimum absolute atomic E-state index is 0.419. The summed E-state index contributed by atoms with van der Waals surface area (Å²) in [7, 11) is 0. The smallest absolute Gasteiger partial charge is 0.225 e. The molecule has 1 aromatic rings. The molecule has 1 fully saturated rings. The van der Waals surface area contributed by atoms with Crippen LogP contribution >= 0.6 is 0 Å². The van der Waals surface area contributed by atoms with Gasteiger partial charge in [-0.2, -0.15) is 0 Å². The minimum Gasteiger partial charge on any atom is -0.378 e. The molecule has 0 unspecified atom stereocenters. The lowest BCUT2D eigenvalue weighted by atomic mass is 10.1. The highest BCUT2D eigenvalue weighted by Crippen LogP contribution is 2.18. The van der Waals surface area contributed by atoms with Crippen molar-refractivity contribution in [3.63, 3.8) is 0 Å². The summed E-state index contributed by atoms with van der Waals surface area (Å²) in [6.07, 6.45) is 2.57. The van der Waals surface area contributed by atoms with Gasteiger partial charge in [0.25, 0.3) is 0 Å². The number of rotatable bonds is 3. The van der Waals surface area contributed by atoms with E-state index >= 15 is 0 Å². The van der Waals surface area contributed by atoms with E-state index in [4.69, 9.17) is 4.74 Å². The summed E-state index contributed by atoms with van der Waals surface area (Å²) in [5.74, 6) is 0.873. The Labute approximate surface area is 103 Å². The van der Waals surface area contributed by atoms with Crippen LogP contribution < -0.4 is 4.90 Å².